The number of hydrogen-bond donors (Lipinski definition) is 1. The monoisotopic (exact) mass is 412 g/mol. The van der Waals surface area contributed by atoms with E-state index in [0.29, 0.717) is 5.69 Å². The van der Waals surface area contributed by atoms with Crippen LogP contribution in [0.15, 0.2) is 52.3 Å². The molecule has 2 aromatic carbocycles. The second kappa shape index (κ2) is 8.43. The van der Waals surface area contributed by atoms with E-state index in [1.54, 1.807) is 13.0 Å². The van der Waals surface area contributed by atoms with E-state index in [2.05, 4.69) is 5.32 Å². The van der Waals surface area contributed by atoms with Gasteiger partial charge >= 0.3 is 0 Å². The maximum atomic E-state index is 12.5. The number of rotatable bonds is 6. The third-order valence-electron chi connectivity index (χ3n) is 3.72. The van der Waals surface area contributed by atoms with Crippen molar-refractivity contribution in [2.75, 3.05) is 19.4 Å². The van der Waals surface area contributed by atoms with Crippen LogP contribution in [0.5, 0.6) is 0 Å². The Morgan fingerprint density at radius 3 is 2.46 bits per heavy atom. The Labute approximate surface area is 163 Å². The largest absolute Gasteiger partial charge is 0.325 e. The summed E-state index contributed by atoms with van der Waals surface area (Å²) in [6.45, 7) is 3.80. The van der Waals surface area contributed by atoms with E-state index in [1.165, 1.54) is 38.0 Å². The Morgan fingerprint density at radius 1 is 1.19 bits per heavy atom. The van der Waals surface area contributed by atoms with Crippen LogP contribution in [-0.4, -0.2) is 38.0 Å². The van der Waals surface area contributed by atoms with Gasteiger partial charge in [0, 0.05) is 24.7 Å². The van der Waals surface area contributed by atoms with Crippen molar-refractivity contribution < 1.29 is 13.2 Å². The Kier molecular flexibility index (Phi) is 6.74. The SMILES string of the molecule is Cc1ccccc1SC(C)C(=O)Nc1ccc(Cl)c(S(=O)(=O)N(C)C)c1. The van der Waals surface area contributed by atoms with E-state index in [1.807, 2.05) is 31.2 Å². The van der Waals surface area contributed by atoms with Gasteiger partial charge in [0.05, 0.1) is 10.3 Å². The molecule has 0 spiro atoms. The molecule has 0 bridgehead atoms. The fraction of sp³-hybridized carbons (Fsp3) is 0.278. The van der Waals surface area contributed by atoms with Crippen LogP contribution < -0.4 is 5.32 Å². The number of halogens is 1. The van der Waals surface area contributed by atoms with E-state index in [0.717, 1.165) is 14.8 Å². The molecule has 0 aliphatic heterocycles. The lowest BCUT2D eigenvalue weighted by Gasteiger charge is -2.16. The molecule has 0 aromatic heterocycles. The summed E-state index contributed by atoms with van der Waals surface area (Å²) in [6, 6.07) is 12.3. The standard InChI is InChI=1S/C18H21ClN2O3S2/c1-12-7-5-6-8-16(12)25-13(2)18(22)20-14-9-10-15(19)17(11-14)26(23,24)21(3)4/h5-11,13H,1-4H3,(H,20,22). The number of nitrogens with zero attached hydrogens (tertiary/aromatic N) is 1. The molecule has 0 saturated carbocycles. The molecule has 5 nitrogen and oxygen atoms in total. The zero-order valence-corrected chi connectivity index (χ0v) is 17.4. The van der Waals surface area contributed by atoms with Crippen LogP contribution in [0.4, 0.5) is 5.69 Å². The number of hydrogen-bond acceptors (Lipinski definition) is 4. The molecular weight excluding hydrogens is 392 g/mol. The molecular formula is C18H21ClN2O3S2. The van der Waals surface area contributed by atoms with E-state index in [9.17, 15) is 13.2 Å². The zero-order chi connectivity index (χ0) is 19.5. The van der Waals surface area contributed by atoms with Crippen molar-refractivity contribution in [2.24, 2.45) is 0 Å². The van der Waals surface area contributed by atoms with Crippen LogP contribution in [0.2, 0.25) is 5.02 Å². The van der Waals surface area contributed by atoms with E-state index in [-0.39, 0.29) is 21.1 Å². The fourth-order valence-corrected chi connectivity index (χ4v) is 4.50. The number of carbonyl (C=O) groups excluding carboxylic acids is 1. The van der Waals surface area contributed by atoms with Gasteiger partial charge in [0.1, 0.15) is 4.90 Å². The highest BCUT2D eigenvalue weighted by Crippen LogP contribution is 2.29. The molecule has 0 aliphatic carbocycles. The molecule has 0 saturated heterocycles. The van der Waals surface area contributed by atoms with Crippen LogP contribution in [0.3, 0.4) is 0 Å². The Bertz CT molecular complexity index is 914. The molecule has 2 rings (SSSR count). The van der Waals surface area contributed by atoms with Crippen LogP contribution in [0.25, 0.3) is 0 Å². The number of thioether (sulfide) groups is 1. The molecule has 26 heavy (non-hydrogen) atoms. The zero-order valence-electron chi connectivity index (χ0n) is 15.0. The maximum Gasteiger partial charge on any atom is 0.244 e. The van der Waals surface area contributed by atoms with Gasteiger partial charge in [0.15, 0.2) is 0 Å². The summed E-state index contributed by atoms with van der Waals surface area (Å²) >= 11 is 7.48. The number of anilines is 1. The summed E-state index contributed by atoms with van der Waals surface area (Å²) < 4.78 is 25.7. The third-order valence-corrected chi connectivity index (χ3v) is 7.30. The molecule has 2 aromatic rings. The molecule has 140 valence electrons. The topological polar surface area (TPSA) is 66.5 Å². The summed E-state index contributed by atoms with van der Waals surface area (Å²) in [4.78, 5) is 13.5. The molecule has 0 aliphatic rings. The van der Waals surface area contributed by atoms with Crippen LogP contribution in [0.1, 0.15) is 12.5 Å². The first-order valence-electron chi connectivity index (χ1n) is 7.88. The summed E-state index contributed by atoms with van der Waals surface area (Å²) in [5.41, 5.74) is 1.49. The second-order valence-electron chi connectivity index (χ2n) is 5.95. The van der Waals surface area contributed by atoms with Gasteiger partial charge in [0.25, 0.3) is 0 Å². The predicted molar refractivity (Wildman–Crippen MR) is 107 cm³/mol. The molecule has 1 unspecified atom stereocenters. The number of sulfonamides is 1. The second-order valence-corrected chi connectivity index (χ2v) is 9.86. The van der Waals surface area contributed by atoms with Crippen molar-refractivity contribution in [2.45, 2.75) is 28.9 Å². The summed E-state index contributed by atoms with van der Waals surface area (Å²) in [5, 5.41) is 2.52. The number of benzene rings is 2. The van der Waals surface area contributed by atoms with Crippen LogP contribution >= 0.6 is 23.4 Å². The quantitative estimate of drug-likeness (QED) is 0.727. The van der Waals surface area contributed by atoms with Gasteiger partial charge in [-0.15, -0.1) is 11.8 Å². The average molecular weight is 413 g/mol. The average Bonchev–Trinajstić information content (AvgIpc) is 2.58. The number of aryl methyl sites for hydroxylation is 1. The van der Waals surface area contributed by atoms with Gasteiger partial charge in [-0.2, -0.15) is 0 Å². The Morgan fingerprint density at radius 2 is 1.85 bits per heavy atom. The first-order chi connectivity index (χ1) is 12.1. The van der Waals surface area contributed by atoms with Gasteiger partial charge in [-0.3, -0.25) is 4.79 Å². The molecule has 8 heteroatoms. The van der Waals surface area contributed by atoms with E-state index in [4.69, 9.17) is 11.6 Å². The van der Waals surface area contributed by atoms with Crippen molar-refractivity contribution in [1.82, 2.24) is 4.31 Å². The summed E-state index contributed by atoms with van der Waals surface area (Å²) in [5.74, 6) is -0.214. The van der Waals surface area contributed by atoms with Gasteiger partial charge in [-0.25, -0.2) is 12.7 Å². The predicted octanol–water partition coefficient (Wildman–Crippen LogP) is 4.02. The van der Waals surface area contributed by atoms with E-state index >= 15 is 0 Å². The lowest BCUT2D eigenvalue weighted by molar-refractivity contribution is -0.115. The molecule has 0 heterocycles. The number of nitrogens with one attached hydrogen (secondary N) is 1. The van der Waals surface area contributed by atoms with Gasteiger partial charge in [-0.05, 0) is 43.7 Å². The highest BCUT2D eigenvalue weighted by atomic mass is 35.5. The normalized spacial score (nSPS) is 12.8. The first-order valence-corrected chi connectivity index (χ1v) is 10.6. The van der Waals surface area contributed by atoms with Crippen LogP contribution in [-0.2, 0) is 14.8 Å². The third kappa shape index (κ3) is 4.79. The highest BCUT2D eigenvalue weighted by molar-refractivity contribution is 8.00. The van der Waals surface area contributed by atoms with Gasteiger partial charge in [-0.1, -0.05) is 29.8 Å². The molecule has 0 fully saturated rings. The van der Waals surface area contributed by atoms with Crippen molar-refractivity contribution in [3.8, 4) is 0 Å². The van der Waals surface area contributed by atoms with Crippen molar-refractivity contribution in [3.05, 3.63) is 53.1 Å². The van der Waals surface area contributed by atoms with Gasteiger partial charge in [0.2, 0.25) is 15.9 Å². The Balaban J connectivity index is 2.18. The van der Waals surface area contributed by atoms with Crippen molar-refractivity contribution >= 4 is 45.0 Å². The summed E-state index contributed by atoms with van der Waals surface area (Å²) in [7, 11) is -0.839. The molecule has 0 radical (unpaired) electrons. The van der Waals surface area contributed by atoms with Gasteiger partial charge < -0.3 is 5.32 Å². The lowest BCUT2D eigenvalue weighted by Crippen LogP contribution is -2.24. The molecule has 1 N–H and O–H groups in total. The Hall–Kier alpha value is -1.54. The lowest BCUT2D eigenvalue weighted by atomic mass is 10.2. The van der Waals surface area contributed by atoms with E-state index < -0.39 is 10.0 Å². The minimum absolute atomic E-state index is 0.0406. The fourth-order valence-electron chi connectivity index (χ4n) is 2.15. The maximum absolute atomic E-state index is 12.5. The van der Waals surface area contributed by atoms with Crippen molar-refractivity contribution in [1.29, 1.82) is 0 Å². The minimum atomic E-state index is -3.70. The molecule has 1 atom stereocenters. The smallest absolute Gasteiger partial charge is 0.244 e. The summed E-state index contributed by atoms with van der Waals surface area (Å²) in [6.07, 6.45) is 0. The minimum Gasteiger partial charge on any atom is -0.325 e. The number of amides is 1. The highest BCUT2D eigenvalue weighted by Gasteiger charge is 2.22. The molecule has 1 amide bonds. The van der Waals surface area contributed by atoms with Crippen LogP contribution in [0, 0.1) is 6.92 Å². The first kappa shape index (κ1) is 20.8. The number of carbonyl (C=O) groups is 1. The van der Waals surface area contributed by atoms with Crippen molar-refractivity contribution in [3.63, 3.8) is 0 Å².